The Kier molecular flexibility index (Phi) is 3.93. The molecule has 4 nitrogen and oxygen atoms in total. The first-order valence-electron chi connectivity index (χ1n) is 5.04. The second-order valence-electron chi connectivity index (χ2n) is 3.52. The van der Waals surface area contributed by atoms with E-state index in [0.717, 1.165) is 29.0 Å². The standard InChI is InChI=1S/C10H13ClN4S/c1-8-4-14-15(7-8)3-2-12-6-10-13-5-9(11)16-10/h4-5,7,12H,2-3,6H2,1H3. The van der Waals surface area contributed by atoms with Gasteiger partial charge in [0.2, 0.25) is 0 Å². The lowest BCUT2D eigenvalue weighted by Gasteiger charge is -2.02. The van der Waals surface area contributed by atoms with Crippen LogP contribution in [0.2, 0.25) is 4.34 Å². The second-order valence-corrected chi connectivity index (χ2v) is 5.26. The van der Waals surface area contributed by atoms with Crippen LogP contribution in [0.15, 0.2) is 18.6 Å². The molecule has 2 aromatic heterocycles. The number of aromatic nitrogens is 3. The minimum Gasteiger partial charge on any atom is -0.309 e. The molecule has 0 aliphatic carbocycles. The van der Waals surface area contributed by atoms with Crippen LogP contribution in [-0.2, 0) is 13.1 Å². The number of hydrogen-bond acceptors (Lipinski definition) is 4. The highest BCUT2D eigenvalue weighted by Gasteiger charge is 1.99. The molecule has 0 bridgehead atoms. The first-order chi connectivity index (χ1) is 7.74. The van der Waals surface area contributed by atoms with Crippen molar-refractivity contribution >= 4 is 22.9 Å². The summed E-state index contributed by atoms with van der Waals surface area (Å²) in [6.07, 6.45) is 5.57. The molecule has 2 rings (SSSR count). The Morgan fingerprint density at radius 2 is 2.38 bits per heavy atom. The molecule has 0 spiro atoms. The Morgan fingerprint density at radius 3 is 3.00 bits per heavy atom. The van der Waals surface area contributed by atoms with E-state index in [-0.39, 0.29) is 0 Å². The van der Waals surface area contributed by atoms with Gasteiger partial charge in [0.1, 0.15) is 9.34 Å². The van der Waals surface area contributed by atoms with Gasteiger partial charge in [-0.2, -0.15) is 5.10 Å². The molecule has 0 aliphatic heterocycles. The van der Waals surface area contributed by atoms with Gasteiger partial charge in [-0.3, -0.25) is 4.68 Å². The van der Waals surface area contributed by atoms with Gasteiger partial charge in [-0.15, -0.1) is 11.3 Å². The number of nitrogens with zero attached hydrogens (tertiary/aromatic N) is 3. The fraction of sp³-hybridized carbons (Fsp3) is 0.400. The maximum Gasteiger partial charge on any atom is 0.113 e. The Bertz CT molecular complexity index is 409. The van der Waals surface area contributed by atoms with Crippen LogP contribution < -0.4 is 5.32 Å². The van der Waals surface area contributed by atoms with E-state index < -0.39 is 0 Å². The average Bonchev–Trinajstić information content (AvgIpc) is 2.83. The Balaban J connectivity index is 1.69. The van der Waals surface area contributed by atoms with Gasteiger partial charge >= 0.3 is 0 Å². The van der Waals surface area contributed by atoms with Crippen molar-refractivity contribution < 1.29 is 0 Å². The van der Waals surface area contributed by atoms with Gasteiger partial charge in [0.15, 0.2) is 0 Å². The lowest BCUT2D eigenvalue weighted by atomic mass is 10.4. The summed E-state index contributed by atoms with van der Waals surface area (Å²) in [5.41, 5.74) is 1.19. The van der Waals surface area contributed by atoms with Gasteiger partial charge in [0.05, 0.1) is 18.9 Å². The third-order valence-corrected chi connectivity index (χ3v) is 3.20. The zero-order valence-electron chi connectivity index (χ0n) is 8.98. The molecule has 1 N–H and O–H groups in total. The molecule has 0 aliphatic rings. The van der Waals surface area contributed by atoms with E-state index in [1.807, 2.05) is 24.0 Å². The molecule has 6 heteroatoms. The monoisotopic (exact) mass is 256 g/mol. The molecule has 0 fully saturated rings. The van der Waals surface area contributed by atoms with Crippen LogP contribution in [-0.4, -0.2) is 21.3 Å². The molecule has 16 heavy (non-hydrogen) atoms. The summed E-state index contributed by atoms with van der Waals surface area (Å²) in [5, 5.41) is 8.52. The number of thiazole rings is 1. The zero-order chi connectivity index (χ0) is 11.4. The van der Waals surface area contributed by atoms with Crippen LogP contribution in [0.3, 0.4) is 0 Å². The zero-order valence-corrected chi connectivity index (χ0v) is 10.6. The van der Waals surface area contributed by atoms with E-state index in [9.17, 15) is 0 Å². The molecule has 86 valence electrons. The smallest absolute Gasteiger partial charge is 0.113 e. The predicted octanol–water partition coefficient (Wildman–Crippen LogP) is 2.09. The molecule has 0 radical (unpaired) electrons. The number of rotatable bonds is 5. The number of halogens is 1. The maximum absolute atomic E-state index is 5.79. The summed E-state index contributed by atoms with van der Waals surface area (Å²) in [6.45, 7) is 4.54. The summed E-state index contributed by atoms with van der Waals surface area (Å²) < 4.78 is 2.66. The van der Waals surface area contributed by atoms with Gasteiger partial charge in [0.25, 0.3) is 0 Å². The van der Waals surface area contributed by atoms with Crippen LogP contribution in [0, 0.1) is 6.92 Å². The van der Waals surface area contributed by atoms with E-state index in [1.165, 1.54) is 16.9 Å². The topological polar surface area (TPSA) is 42.7 Å². The lowest BCUT2D eigenvalue weighted by molar-refractivity contribution is 0.554. The number of aryl methyl sites for hydroxylation is 1. The van der Waals surface area contributed by atoms with Crippen LogP contribution in [0.1, 0.15) is 10.6 Å². The third-order valence-electron chi connectivity index (χ3n) is 2.08. The summed E-state index contributed by atoms with van der Waals surface area (Å²) in [4.78, 5) is 4.17. The normalized spacial score (nSPS) is 10.9. The lowest BCUT2D eigenvalue weighted by Crippen LogP contribution is -2.19. The van der Waals surface area contributed by atoms with Crippen molar-refractivity contribution in [3.8, 4) is 0 Å². The molecule has 0 unspecified atom stereocenters. The van der Waals surface area contributed by atoms with E-state index in [1.54, 1.807) is 6.20 Å². The van der Waals surface area contributed by atoms with Crippen molar-refractivity contribution in [2.75, 3.05) is 6.54 Å². The molecule has 0 aromatic carbocycles. The maximum atomic E-state index is 5.79. The minimum atomic E-state index is 0.736. The Labute approximate surface area is 103 Å². The SMILES string of the molecule is Cc1cnn(CCNCc2ncc(Cl)s2)c1. The molecule has 0 saturated heterocycles. The fourth-order valence-electron chi connectivity index (χ4n) is 1.35. The molecule has 2 heterocycles. The van der Waals surface area contributed by atoms with Crippen molar-refractivity contribution in [1.29, 1.82) is 0 Å². The van der Waals surface area contributed by atoms with Gasteiger partial charge in [-0.05, 0) is 12.5 Å². The van der Waals surface area contributed by atoms with Gasteiger partial charge in [0, 0.05) is 19.3 Å². The highest BCUT2D eigenvalue weighted by molar-refractivity contribution is 7.15. The van der Waals surface area contributed by atoms with Crippen LogP contribution in [0.25, 0.3) is 0 Å². The number of nitrogens with one attached hydrogen (secondary N) is 1. The van der Waals surface area contributed by atoms with Gasteiger partial charge in [-0.1, -0.05) is 11.6 Å². The van der Waals surface area contributed by atoms with Crippen LogP contribution in [0.5, 0.6) is 0 Å². The summed E-state index contributed by atoms with van der Waals surface area (Å²) in [7, 11) is 0. The minimum absolute atomic E-state index is 0.736. The summed E-state index contributed by atoms with van der Waals surface area (Å²) in [6, 6.07) is 0. The molecule has 0 saturated carbocycles. The molecular weight excluding hydrogens is 244 g/mol. The third kappa shape index (κ3) is 3.30. The second kappa shape index (κ2) is 5.43. The fourth-order valence-corrected chi connectivity index (χ4v) is 2.27. The van der Waals surface area contributed by atoms with E-state index in [0.29, 0.717) is 0 Å². The van der Waals surface area contributed by atoms with Crippen molar-refractivity contribution in [1.82, 2.24) is 20.1 Å². The van der Waals surface area contributed by atoms with E-state index in [4.69, 9.17) is 11.6 Å². The van der Waals surface area contributed by atoms with E-state index in [2.05, 4.69) is 15.4 Å². The van der Waals surface area contributed by atoms with E-state index >= 15 is 0 Å². The van der Waals surface area contributed by atoms with Gasteiger partial charge < -0.3 is 5.32 Å². The Morgan fingerprint density at radius 1 is 1.50 bits per heavy atom. The van der Waals surface area contributed by atoms with Crippen LogP contribution >= 0.6 is 22.9 Å². The molecule has 0 atom stereocenters. The van der Waals surface area contributed by atoms with Crippen LogP contribution in [0.4, 0.5) is 0 Å². The first-order valence-corrected chi connectivity index (χ1v) is 6.23. The van der Waals surface area contributed by atoms with Crippen molar-refractivity contribution in [3.63, 3.8) is 0 Å². The Hall–Kier alpha value is -0.910. The van der Waals surface area contributed by atoms with Gasteiger partial charge in [-0.25, -0.2) is 4.98 Å². The first kappa shape index (κ1) is 11.6. The predicted molar refractivity (Wildman–Crippen MR) is 65.8 cm³/mol. The molecule has 2 aromatic rings. The summed E-state index contributed by atoms with van der Waals surface area (Å²) in [5.74, 6) is 0. The largest absolute Gasteiger partial charge is 0.309 e. The molecule has 0 amide bonds. The van der Waals surface area contributed by atoms with Crippen molar-refractivity contribution in [3.05, 3.63) is 33.5 Å². The van der Waals surface area contributed by atoms with Crippen molar-refractivity contribution in [2.24, 2.45) is 0 Å². The molecular formula is C10H13ClN4S. The van der Waals surface area contributed by atoms with Crippen molar-refractivity contribution in [2.45, 2.75) is 20.0 Å². The highest BCUT2D eigenvalue weighted by Crippen LogP contribution is 2.17. The quantitative estimate of drug-likeness (QED) is 0.833. The highest BCUT2D eigenvalue weighted by atomic mass is 35.5. The average molecular weight is 257 g/mol. The summed E-state index contributed by atoms with van der Waals surface area (Å²) >= 11 is 7.29. The number of hydrogen-bond donors (Lipinski definition) is 1.